The van der Waals surface area contributed by atoms with Crippen molar-refractivity contribution in [2.24, 2.45) is 5.73 Å². The second kappa shape index (κ2) is 5.40. The lowest BCUT2D eigenvalue weighted by Crippen LogP contribution is -2.19. The molecule has 1 amide bonds. The Morgan fingerprint density at radius 2 is 2.21 bits per heavy atom. The first kappa shape index (κ1) is 12.9. The first-order valence-corrected chi connectivity index (χ1v) is 5.53. The van der Waals surface area contributed by atoms with E-state index in [1.807, 2.05) is 0 Å². The van der Waals surface area contributed by atoms with Crippen molar-refractivity contribution < 1.29 is 4.79 Å². The fourth-order valence-corrected chi connectivity index (χ4v) is 1.42. The molecule has 0 saturated heterocycles. The highest BCUT2D eigenvalue weighted by atomic mass is 35.5. The summed E-state index contributed by atoms with van der Waals surface area (Å²) in [5.41, 5.74) is 5.88. The Labute approximate surface area is 113 Å². The first-order valence-electron chi connectivity index (χ1n) is 5.15. The van der Waals surface area contributed by atoms with Crippen molar-refractivity contribution in [1.29, 1.82) is 5.41 Å². The highest BCUT2D eigenvalue weighted by Gasteiger charge is 2.04. The van der Waals surface area contributed by atoms with Gasteiger partial charge in [-0.15, -0.1) is 0 Å². The van der Waals surface area contributed by atoms with E-state index in [1.54, 1.807) is 12.3 Å². The molecule has 2 rings (SSSR count). The van der Waals surface area contributed by atoms with Crippen molar-refractivity contribution in [3.05, 3.63) is 35.6 Å². The number of imidazole rings is 1. The smallest absolute Gasteiger partial charge is 0.266 e. The second-order valence-electron chi connectivity index (χ2n) is 3.52. The van der Waals surface area contributed by atoms with Gasteiger partial charge in [0, 0.05) is 6.07 Å². The molecule has 0 aromatic carbocycles. The Hall–Kier alpha value is -2.54. The lowest BCUT2D eigenvalue weighted by Gasteiger charge is -1.95. The van der Waals surface area contributed by atoms with Gasteiger partial charge in [-0.25, -0.2) is 15.0 Å². The molecule has 2 heterocycles. The normalized spacial score (nSPS) is 10.8. The molecule has 0 saturated carbocycles. The number of aromatic nitrogens is 4. The van der Waals surface area contributed by atoms with Crippen LogP contribution in [0, 0.1) is 5.41 Å². The number of nitrogens with two attached hydrogens (primary N) is 1. The summed E-state index contributed by atoms with van der Waals surface area (Å²) in [5.74, 6) is -0.332. The number of carbonyl (C=O) groups excluding carboxylic acids is 1. The average molecular weight is 277 g/mol. The Balaban J connectivity index is 2.20. The van der Waals surface area contributed by atoms with Crippen LogP contribution in [0.3, 0.4) is 0 Å². The van der Waals surface area contributed by atoms with E-state index in [4.69, 9.17) is 22.7 Å². The van der Waals surface area contributed by atoms with Gasteiger partial charge in [0.1, 0.15) is 23.0 Å². The van der Waals surface area contributed by atoms with Gasteiger partial charge in [-0.05, 0) is 12.2 Å². The van der Waals surface area contributed by atoms with Crippen molar-refractivity contribution in [3.8, 4) is 11.4 Å². The van der Waals surface area contributed by atoms with Crippen LogP contribution in [-0.4, -0.2) is 31.6 Å². The third-order valence-corrected chi connectivity index (χ3v) is 2.39. The molecule has 8 heteroatoms. The highest BCUT2D eigenvalue weighted by molar-refractivity contribution is 6.42. The minimum absolute atomic E-state index is 0.303. The van der Waals surface area contributed by atoms with Crippen molar-refractivity contribution in [3.63, 3.8) is 0 Å². The van der Waals surface area contributed by atoms with Crippen molar-refractivity contribution in [2.45, 2.75) is 0 Å². The van der Waals surface area contributed by atoms with E-state index in [1.165, 1.54) is 18.5 Å². The van der Waals surface area contributed by atoms with Crippen LogP contribution in [0.5, 0.6) is 0 Å². The highest BCUT2D eigenvalue weighted by Crippen LogP contribution is 2.16. The lowest BCUT2D eigenvalue weighted by molar-refractivity contribution is -0.111. The van der Waals surface area contributed by atoms with Gasteiger partial charge in [0.25, 0.3) is 5.91 Å². The molecule has 4 N–H and O–H groups in total. The Kier molecular flexibility index (Phi) is 3.67. The van der Waals surface area contributed by atoms with Crippen LogP contribution in [0.25, 0.3) is 17.5 Å². The maximum absolute atomic E-state index is 10.7. The summed E-state index contributed by atoms with van der Waals surface area (Å²) in [5, 5.41) is 7.58. The van der Waals surface area contributed by atoms with Crippen LogP contribution in [0.1, 0.15) is 5.82 Å². The molecule has 0 fully saturated rings. The van der Waals surface area contributed by atoms with Gasteiger partial charge in [0.15, 0.2) is 0 Å². The number of primary amides is 1. The quantitative estimate of drug-likeness (QED) is 0.570. The molecule has 0 radical (unpaired) electrons. The standard InChI is InChI=1S/C11H9ClN6O/c12-9-3-7(16-5-17-9)8-4-15-10(18-8)2-1-6(13)11(14)19/h1-5,13H,(H2,14,19)(H,15,18)/b2-1-,13-6?. The van der Waals surface area contributed by atoms with E-state index in [-0.39, 0.29) is 5.71 Å². The number of nitrogens with zero attached hydrogens (tertiary/aromatic N) is 3. The number of aromatic amines is 1. The summed E-state index contributed by atoms with van der Waals surface area (Å²) in [6.07, 6.45) is 5.64. The fraction of sp³-hybridized carbons (Fsp3) is 0. The molecular formula is C11H9ClN6O. The number of halogens is 1. The summed E-state index contributed by atoms with van der Waals surface area (Å²) in [4.78, 5) is 25.5. The van der Waals surface area contributed by atoms with Crippen LogP contribution in [0.15, 0.2) is 24.7 Å². The Bertz CT molecular complexity index is 663. The van der Waals surface area contributed by atoms with Crippen molar-refractivity contribution in [2.75, 3.05) is 0 Å². The van der Waals surface area contributed by atoms with E-state index in [9.17, 15) is 4.79 Å². The summed E-state index contributed by atoms with van der Waals surface area (Å²) < 4.78 is 0. The summed E-state index contributed by atoms with van der Waals surface area (Å²) in [6, 6.07) is 1.59. The van der Waals surface area contributed by atoms with Gasteiger partial charge in [0.2, 0.25) is 0 Å². The van der Waals surface area contributed by atoms with Gasteiger partial charge in [-0.1, -0.05) is 11.6 Å². The molecule has 96 valence electrons. The van der Waals surface area contributed by atoms with E-state index in [0.717, 1.165) is 0 Å². The van der Waals surface area contributed by atoms with Gasteiger partial charge in [0.05, 0.1) is 17.6 Å². The molecule has 2 aromatic heterocycles. The summed E-state index contributed by atoms with van der Waals surface area (Å²) >= 11 is 5.76. The number of hydrogen-bond donors (Lipinski definition) is 3. The zero-order chi connectivity index (χ0) is 13.8. The molecule has 19 heavy (non-hydrogen) atoms. The van der Waals surface area contributed by atoms with Gasteiger partial charge < -0.3 is 10.7 Å². The van der Waals surface area contributed by atoms with Crippen LogP contribution >= 0.6 is 11.6 Å². The minimum atomic E-state index is -0.800. The summed E-state index contributed by atoms with van der Waals surface area (Å²) in [7, 11) is 0. The third-order valence-electron chi connectivity index (χ3n) is 2.18. The lowest BCUT2D eigenvalue weighted by atomic mass is 10.3. The largest absolute Gasteiger partial charge is 0.364 e. The van der Waals surface area contributed by atoms with Crippen LogP contribution in [0.4, 0.5) is 0 Å². The summed E-state index contributed by atoms with van der Waals surface area (Å²) in [6.45, 7) is 0. The van der Waals surface area contributed by atoms with Gasteiger partial charge >= 0.3 is 0 Å². The fourth-order valence-electron chi connectivity index (χ4n) is 1.28. The number of hydrogen-bond acceptors (Lipinski definition) is 5. The van der Waals surface area contributed by atoms with Crippen molar-refractivity contribution in [1.82, 2.24) is 19.9 Å². The van der Waals surface area contributed by atoms with Crippen LogP contribution < -0.4 is 5.73 Å². The molecule has 0 aliphatic carbocycles. The maximum Gasteiger partial charge on any atom is 0.266 e. The predicted octanol–water partition coefficient (Wildman–Crippen LogP) is 1.04. The number of carbonyl (C=O) groups is 1. The first-order chi connectivity index (χ1) is 9.06. The SMILES string of the molecule is N=C(/C=C\c1ncc(-c2cc(Cl)ncn2)[nH]1)C(N)=O. The topological polar surface area (TPSA) is 121 Å². The molecular weight excluding hydrogens is 268 g/mol. The molecule has 0 unspecified atom stereocenters. The van der Waals surface area contributed by atoms with E-state index >= 15 is 0 Å². The second-order valence-corrected chi connectivity index (χ2v) is 3.91. The Morgan fingerprint density at radius 3 is 2.89 bits per heavy atom. The van der Waals surface area contributed by atoms with Crippen molar-refractivity contribution >= 4 is 29.3 Å². The van der Waals surface area contributed by atoms with E-state index < -0.39 is 5.91 Å². The zero-order valence-electron chi connectivity index (χ0n) is 9.59. The molecule has 0 spiro atoms. The molecule has 0 atom stereocenters. The zero-order valence-corrected chi connectivity index (χ0v) is 10.3. The maximum atomic E-state index is 10.7. The monoisotopic (exact) mass is 276 g/mol. The number of H-pyrrole nitrogens is 1. The number of nitrogens with one attached hydrogen (secondary N) is 2. The minimum Gasteiger partial charge on any atom is -0.364 e. The number of amides is 1. The molecule has 0 aliphatic rings. The van der Waals surface area contributed by atoms with E-state index in [2.05, 4.69) is 19.9 Å². The molecule has 0 bridgehead atoms. The molecule has 0 aliphatic heterocycles. The third kappa shape index (κ3) is 3.23. The van der Waals surface area contributed by atoms with Crippen LogP contribution in [-0.2, 0) is 4.79 Å². The molecule has 7 nitrogen and oxygen atoms in total. The Morgan fingerprint density at radius 1 is 1.42 bits per heavy atom. The van der Waals surface area contributed by atoms with Crippen LogP contribution in [0.2, 0.25) is 5.15 Å². The number of rotatable bonds is 4. The van der Waals surface area contributed by atoms with Gasteiger partial charge in [-0.3, -0.25) is 10.2 Å². The predicted molar refractivity (Wildman–Crippen MR) is 70.6 cm³/mol. The average Bonchev–Trinajstić information content (AvgIpc) is 2.84. The van der Waals surface area contributed by atoms with E-state index in [0.29, 0.717) is 22.4 Å². The van der Waals surface area contributed by atoms with Gasteiger partial charge in [-0.2, -0.15) is 0 Å². The molecule has 2 aromatic rings.